The topological polar surface area (TPSA) is 101 Å². The molecule has 1 amide bonds. The zero-order chi connectivity index (χ0) is 21.2. The van der Waals surface area contributed by atoms with E-state index in [1.54, 1.807) is 6.92 Å². The van der Waals surface area contributed by atoms with Gasteiger partial charge >= 0.3 is 0 Å². The standard InChI is InChI=1S/C16H17ClF2N4O4S/c1-9-4-5-10(6-12(9)28(26,27)22(2)3)21-13(24)8-23-16(25)14(15(18)19)11(17)7-20-23/h4-7,15H,8H2,1-3H3,(H,21,24). The van der Waals surface area contributed by atoms with E-state index in [1.165, 1.54) is 32.3 Å². The number of halogens is 3. The average molecular weight is 435 g/mol. The molecule has 0 saturated carbocycles. The van der Waals surface area contributed by atoms with Gasteiger partial charge in [0.1, 0.15) is 12.1 Å². The fourth-order valence-corrected chi connectivity index (χ4v) is 3.63. The number of nitrogens with zero attached hydrogens (tertiary/aromatic N) is 3. The van der Waals surface area contributed by atoms with Crippen LogP contribution >= 0.6 is 11.6 Å². The summed E-state index contributed by atoms with van der Waals surface area (Å²) in [6.07, 6.45) is -2.26. The molecule has 0 aliphatic carbocycles. The summed E-state index contributed by atoms with van der Waals surface area (Å²) in [5.74, 6) is -0.755. The van der Waals surface area contributed by atoms with Gasteiger partial charge < -0.3 is 5.32 Å². The molecule has 1 heterocycles. The van der Waals surface area contributed by atoms with Crippen LogP contribution in [0.15, 0.2) is 34.1 Å². The van der Waals surface area contributed by atoms with Crippen molar-refractivity contribution in [3.63, 3.8) is 0 Å². The molecule has 152 valence electrons. The number of amides is 1. The van der Waals surface area contributed by atoms with Crippen molar-refractivity contribution in [2.24, 2.45) is 0 Å². The van der Waals surface area contributed by atoms with Crippen molar-refractivity contribution in [3.05, 3.63) is 50.9 Å². The quantitative estimate of drug-likeness (QED) is 0.749. The van der Waals surface area contributed by atoms with E-state index in [1.807, 2.05) is 0 Å². The van der Waals surface area contributed by atoms with Gasteiger partial charge in [-0.25, -0.2) is 26.2 Å². The largest absolute Gasteiger partial charge is 0.324 e. The van der Waals surface area contributed by atoms with Crippen LogP contribution in [0.2, 0.25) is 5.02 Å². The number of benzene rings is 1. The summed E-state index contributed by atoms with van der Waals surface area (Å²) < 4.78 is 52.1. The van der Waals surface area contributed by atoms with Crippen molar-refractivity contribution in [2.45, 2.75) is 24.8 Å². The molecule has 0 spiro atoms. The maximum Gasteiger partial charge on any atom is 0.277 e. The number of nitrogens with one attached hydrogen (secondary N) is 1. The molecule has 0 aliphatic rings. The number of carbonyl (C=O) groups excluding carboxylic acids is 1. The number of aromatic nitrogens is 2. The number of sulfonamides is 1. The Morgan fingerprint density at radius 1 is 1.36 bits per heavy atom. The predicted octanol–water partition coefficient (Wildman–Crippen LogP) is 2.03. The van der Waals surface area contributed by atoms with Crippen LogP contribution in [0, 0.1) is 6.92 Å². The van der Waals surface area contributed by atoms with Crippen LogP contribution in [0.1, 0.15) is 17.6 Å². The Balaban J connectivity index is 2.28. The Labute approximate surface area is 164 Å². The van der Waals surface area contributed by atoms with Crippen LogP contribution < -0.4 is 10.9 Å². The molecular weight excluding hydrogens is 418 g/mol. The highest BCUT2D eigenvalue weighted by atomic mass is 35.5. The first-order chi connectivity index (χ1) is 12.9. The molecule has 0 atom stereocenters. The monoisotopic (exact) mass is 434 g/mol. The van der Waals surface area contributed by atoms with Crippen LogP contribution in [0.5, 0.6) is 0 Å². The summed E-state index contributed by atoms with van der Waals surface area (Å²) in [4.78, 5) is 24.2. The average Bonchev–Trinajstić information content (AvgIpc) is 2.58. The third kappa shape index (κ3) is 4.54. The van der Waals surface area contributed by atoms with E-state index >= 15 is 0 Å². The normalized spacial score (nSPS) is 11.9. The maximum atomic E-state index is 12.9. The summed E-state index contributed by atoms with van der Waals surface area (Å²) in [6, 6.07) is 4.25. The highest BCUT2D eigenvalue weighted by Gasteiger charge is 2.22. The molecule has 1 aromatic heterocycles. The van der Waals surface area contributed by atoms with E-state index in [2.05, 4.69) is 10.4 Å². The van der Waals surface area contributed by atoms with Crippen molar-refractivity contribution >= 4 is 33.2 Å². The lowest BCUT2D eigenvalue weighted by Crippen LogP contribution is -2.32. The summed E-state index contributed by atoms with van der Waals surface area (Å²) in [6.45, 7) is 0.949. The second-order valence-corrected chi connectivity index (χ2v) is 8.51. The van der Waals surface area contributed by atoms with Gasteiger partial charge in [0, 0.05) is 19.8 Å². The number of hydrogen-bond donors (Lipinski definition) is 1. The third-order valence-corrected chi connectivity index (χ3v) is 6.03. The van der Waals surface area contributed by atoms with Crippen LogP contribution in [0.25, 0.3) is 0 Å². The lowest BCUT2D eigenvalue weighted by molar-refractivity contribution is -0.117. The van der Waals surface area contributed by atoms with Gasteiger partial charge in [0.25, 0.3) is 12.0 Å². The minimum Gasteiger partial charge on any atom is -0.324 e. The minimum atomic E-state index is -3.73. The molecule has 2 aromatic rings. The highest BCUT2D eigenvalue weighted by Crippen LogP contribution is 2.23. The first-order valence-corrected chi connectivity index (χ1v) is 9.63. The Morgan fingerprint density at radius 3 is 2.57 bits per heavy atom. The maximum absolute atomic E-state index is 12.9. The summed E-state index contributed by atoms with van der Waals surface area (Å²) in [5, 5.41) is 5.50. The molecule has 0 bridgehead atoms. The molecule has 1 N–H and O–H groups in total. The smallest absolute Gasteiger partial charge is 0.277 e. The second-order valence-electron chi connectivity index (χ2n) is 5.99. The second kappa shape index (κ2) is 8.33. The molecule has 0 saturated heterocycles. The van der Waals surface area contributed by atoms with Crippen LogP contribution in [-0.2, 0) is 21.4 Å². The number of anilines is 1. The summed E-state index contributed by atoms with van der Waals surface area (Å²) in [5.41, 5.74) is -1.49. The Morgan fingerprint density at radius 2 is 2.00 bits per heavy atom. The van der Waals surface area contributed by atoms with Crippen LogP contribution in [0.4, 0.5) is 14.5 Å². The number of rotatable bonds is 6. The molecule has 0 radical (unpaired) electrons. The molecule has 28 heavy (non-hydrogen) atoms. The molecule has 0 fully saturated rings. The van der Waals surface area contributed by atoms with Gasteiger partial charge in [-0.15, -0.1) is 0 Å². The number of hydrogen-bond acceptors (Lipinski definition) is 5. The van der Waals surface area contributed by atoms with Gasteiger partial charge in [-0.2, -0.15) is 5.10 Å². The van der Waals surface area contributed by atoms with E-state index in [-0.39, 0.29) is 10.6 Å². The first-order valence-electron chi connectivity index (χ1n) is 7.82. The lowest BCUT2D eigenvalue weighted by Gasteiger charge is -2.15. The van der Waals surface area contributed by atoms with Crippen molar-refractivity contribution in [1.29, 1.82) is 0 Å². The summed E-state index contributed by atoms with van der Waals surface area (Å²) >= 11 is 5.55. The third-order valence-electron chi connectivity index (χ3n) is 3.77. The predicted molar refractivity (Wildman–Crippen MR) is 99.1 cm³/mol. The van der Waals surface area contributed by atoms with Crippen molar-refractivity contribution < 1.29 is 22.0 Å². The fraction of sp³-hybridized carbons (Fsp3) is 0.312. The molecular formula is C16H17ClF2N4O4S. The molecule has 0 aliphatic heterocycles. The Hall–Kier alpha value is -2.37. The number of aryl methyl sites for hydroxylation is 1. The van der Waals surface area contributed by atoms with Gasteiger partial charge in [-0.05, 0) is 24.6 Å². The van der Waals surface area contributed by atoms with Crippen molar-refractivity contribution in [2.75, 3.05) is 19.4 Å². The molecule has 2 rings (SSSR count). The number of carbonyl (C=O) groups is 1. The van der Waals surface area contributed by atoms with Crippen LogP contribution in [0.3, 0.4) is 0 Å². The van der Waals surface area contributed by atoms with E-state index in [9.17, 15) is 26.8 Å². The Kier molecular flexibility index (Phi) is 6.52. The van der Waals surface area contributed by atoms with Gasteiger partial charge in [0.2, 0.25) is 15.9 Å². The van der Waals surface area contributed by atoms with Crippen LogP contribution in [-0.4, -0.2) is 42.5 Å². The molecule has 1 aromatic carbocycles. The van der Waals surface area contributed by atoms with E-state index < -0.39 is 45.0 Å². The van der Waals surface area contributed by atoms with Gasteiger partial charge in [0.05, 0.1) is 16.1 Å². The van der Waals surface area contributed by atoms with E-state index in [4.69, 9.17) is 11.6 Å². The summed E-state index contributed by atoms with van der Waals surface area (Å²) in [7, 11) is -0.986. The molecule has 12 heteroatoms. The Bertz CT molecular complexity index is 1070. The number of alkyl halides is 2. The van der Waals surface area contributed by atoms with Crippen molar-refractivity contribution in [1.82, 2.24) is 14.1 Å². The SMILES string of the molecule is Cc1ccc(NC(=O)Cn2ncc(Cl)c(C(F)F)c2=O)cc1S(=O)(=O)N(C)C. The zero-order valence-electron chi connectivity index (χ0n) is 15.1. The lowest BCUT2D eigenvalue weighted by atomic mass is 10.2. The van der Waals surface area contributed by atoms with Gasteiger partial charge in [-0.1, -0.05) is 17.7 Å². The van der Waals surface area contributed by atoms with E-state index in [0.29, 0.717) is 10.2 Å². The molecule has 0 unspecified atom stereocenters. The zero-order valence-corrected chi connectivity index (χ0v) is 16.7. The van der Waals surface area contributed by atoms with Crippen molar-refractivity contribution in [3.8, 4) is 0 Å². The minimum absolute atomic E-state index is 0.00271. The first kappa shape index (κ1) is 21.9. The fourth-order valence-electron chi connectivity index (χ4n) is 2.28. The van der Waals surface area contributed by atoms with Gasteiger partial charge in [0.15, 0.2) is 0 Å². The van der Waals surface area contributed by atoms with E-state index in [0.717, 1.165) is 10.5 Å². The van der Waals surface area contributed by atoms with Gasteiger partial charge in [-0.3, -0.25) is 9.59 Å². The highest BCUT2D eigenvalue weighted by molar-refractivity contribution is 7.89. The molecule has 8 nitrogen and oxygen atoms in total.